The maximum Gasteiger partial charge on any atom is 0.411 e. The molecule has 2 aliphatic rings. The van der Waals surface area contributed by atoms with Gasteiger partial charge in [0, 0.05) is 49.9 Å². The van der Waals surface area contributed by atoms with Gasteiger partial charge in [-0.3, -0.25) is 10.1 Å². The molecule has 0 atom stereocenters. The first kappa shape index (κ1) is 27.1. The van der Waals surface area contributed by atoms with Crippen molar-refractivity contribution < 1.29 is 14.3 Å². The van der Waals surface area contributed by atoms with E-state index in [0.29, 0.717) is 12.6 Å². The number of para-hydroxylation sites is 1. The number of hydrogen-bond donors (Lipinski definition) is 3. The molecular formula is C32H38N4O3. The lowest BCUT2D eigenvalue weighted by molar-refractivity contribution is 0.0593. The van der Waals surface area contributed by atoms with Crippen LogP contribution in [-0.4, -0.2) is 61.6 Å². The number of piperidine rings is 1. The molecule has 3 N–H and O–H groups in total. The molecule has 7 heteroatoms. The van der Waals surface area contributed by atoms with Gasteiger partial charge in [0.15, 0.2) is 5.78 Å². The first-order valence-electron chi connectivity index (χ1n) is 14.0. The van der Waals surface area contributed by atoms with Crippen LogP contribution in [0.2, 0.25) is 0 Å². The fraction of sp³-hybridized carbons (Fsp3) is 0.375. The van der Waals surface area contributed by atoms with Crippen molar-refractivity contribution >= 4 is 17.6 Å². The Morgan fingerprint density at radius 3 is 2.31 bits per heavy atom. The standard InChI is InChI=1S/C32H38N4O3/c37-31(26-12-10-24(11-13-26)22-34-27-14-15-27)23-33-18-21-36-19-16-28(17-20-36)39-32(38)35-30-9-5-4-8-29(30)25-6-2-1-3-7-25/h1-13,27-28,33-34H,14-23H2,(H,35,38). The maximum atomic E-state index is 12.6. The SMILES string of the molecule is O=C(Nc1ccccc1-c1ccccc1)OC1CCN(CCNCC(=O)c2ccc(CNC3CC3)cc2)CC1. The lowest BCUT2D eigenvalue weighted by Crippen LogP contribution is -2.42. The van der Waals surface area contributed by atoms with Gasteiger partial charge in [-0.15, -0.1) is 0 Å². The van der Waals surface area contributed by atoms with E-state index in [0.717, 1.165) is 67.9 Å². The molecular weight excluding hydrogens is 488 g/mol. The molecule has 1 saturated heterocycles. The summed E-state index contributed by atoms with van der Waals surface area (Å²) in [6.07, 6.45) is 3.64. The van der Waals surface area contributed by atoms with Crippen LogP contribution in [-0.2, 0) is 11.3 Å². The van der Waals surface area contributed by atoms with E-state index in [4.69, 9.17) is 4.74 Å². The lowest BCUT2D eigenvalue weighted by Gasteiger charge is -2.31. The Balaban J connectivity index is 0.975. The van der Waals surface area contributed by atoms with Crippen molar-refractivity contribution in [1.29, 1.82) is 0 Å². The van der Waals surface area contributed by atoms with E-state index in [1.807, 2.05) is 78.9 Å². The first-order chi connectivity index (χ1) is 19.1. The zero-order chi connectivity index (χ0) is 26.9. The summed E-state index contributed by atoms with van der Waals surface area (Å²) >= 11 is 0. The summed E-state index contributed by atoms with van der Waals surface area (Å²) in [6.45, 7) is 4.55. The molecule has 0 bridgehead atoms. The summed E-state index contributed by atoms with van der Waals surface area (Å²) in [6, 6.07) is 26.4. The van der Waals surface area contributed by atoms with Crippen LogP contribution in [0.15, 0.2) is 78.9 Å². The second-order valence-corrected chi connectivity index (χ2v) is 10.4. The normalized spacial score (nSPS) is 16.1. The van der Waals surface area contributed by atoms with Crippen LogP contribution in [0.4, 0.5) is 10.5 Å². The molecule has 0 unspecified atom stereocenters. The molecule has 5 rings (SSSR count). The Hall–Kier alpha value is -3.52. The number of nitrogens with zero attached hydrogens (tertiary/aromatic N) is 1. The molecule has 1 aliphatic carbocycles. The van der Waals surface area contributed by atoms with Crippen LogP contribution in [0.1, 0.15) is 41.6 Å². The van der Waals surface area contributed by atoms with Gasteiger partial charge in [-0.05, 0) is 42.9 Å². The third-order valence-electron chi connectivity index (χ3n) is 7.40. The van der Waals surface area contributed by atoms with Crippen LogP contribution in [0.5, 0.6) is 0 Å². The molecule has 1 amide bonds. The topological polar surface area (TPSA) is 82.7 Å². The van der Waals surface area contributed by atoms with Crippen LogP contribution in [0, 0.1) is 0 Å². The highest BCUT2D eigenvalue weighted by Gasteiger charge is 2.23. The Morgan fingerprint density at radius 1 is 0.846 bits per heavy atom. The quantitative estimate of drug-likeness (QED) is 0.225. The van der Waals surface area contributed by atoms with E-state index in [1.165, 1.54) is 18.4 Å². The number of ether oxygens (including phenoxy) is 1. The van der Waals surface area contributed by atoms with E-state index in [9.17, 15) is 9.59 Å². The second kappa shape index (κ2) is 13.5. The first-order valence-corrected chi connectivity index (χ1v) is 14.0. The van der Waals surface area contributed by atoms with E-state index in [1.54, 1.807) is 0 Å². The van der Waals surface area contributed by atoms with Crippen LogP contribution < -0.4 is 16.0 Å². The van der Waals surface area contributed by atoms with E-state index < -0.39 is 6.09 Å². The minimum absolute atomic E-state index is 0.0953. The van der Waals surface area contributed by atoms with Crippen molar-refractivity contribution in [3.8, 4) is 11.1 Å². The number of ketones is 1. The van der Waals surface area contributed by atoms with Crippen molar-refractivity contribution in [3.05, 3.63) is 90.0 Å². The number of benzene rings is 3. The molecule has 7 nitrogen and oxygen atoms in total. The van der Waals surface area contributed by atoms with Gasteiger partial charge < -0.3 is 20.3 Å². The Kier molecular flexibility index (Phi) is 9.38. The predicted molar refractivity (Wildman–Crippen MR) is 155 cm³/mol. The highest BCUT2D eigenvalue weighted by atomic mass is 16.6. The Morgan fingerprint density at radius 2 is 1.56 bits per heavy atom. The number of hydrogen-bond acceptors (Lipinski definition) is 6. The van der Waals surface area contributed by atoms with Crippen LogP contribution >= 0.6 is 0 Å². The fourth-order valence-corrected chi connectivity index (χ4v) is 4.90. The molecule has 2 fully saturated rings. The molecule has 1 saturated carbocycles. The van der Waals surface area contributed by atoms with Crippen LogP contribution in [0.3, 0.4) is 0 Å². The Labute approximate surface area is 230 Å². The summed E-state index contributed by atoms with van der Waals surface area (Å²) in [7, 11) is 0. The Bertz CT molecular complexity index is 1220. The zero-order valence-corrected chi connectivity index (χ0v) is 22.4. The zero-order valence-electron chi connectivity index (χ0n) is 22.4. The average molecular weight is 527 g/mol. The predicted octanol–water partition coefficient (Wildman–Crippen LogP) is 5.09. The van der Waals surface area contributed by atoms with Crippen molar-refractivity contribution in [1.82, 2.24) is 15.5 Å². The number of carbonyl (C=O) groups excluding carboxylic acids is 2. The van der Waals surface area contributed by atoms with Crippen molar-refractivity contribution in [2.75, 3.05) is 38.0 Å². The van der Waals surface area contributed by atoms with Crippen LogP contribution in [0.25, 0.3) is 11.1 Å². The third-order valence-corrected chi connectivity index (χ3v) is 7.40. The van der Waals surface area contributed by atoms with Crippen molar-refractivity contribution in [2.24, 2.45) is 0 Å². The van der Waals surface area contributed by atoms with Gasteiger partial charge in [0.1, 0.15) is 6.10 Å². The minimum Gasteiger partial charge on any atom is -0.446 e. The van der Waals surface area contributed by atoms with Gasteiger partial charge in [0.2, 0.25) is 0 Å². The monoisotopic (exact) mass is 526 g/mol. The number of rotatable bonds is 12. The number of anilines is 1. The highest BCUT2D eigenvalue weighted by Crippen LogP contribution is 2.28. The largest absolute Gasteiger partial charge is 0.446 e. The lowest BCUT2D eigenvalue weighted by atomic mass is 10.0. The van der Waals surface area contributed by atoms with Gasteiger partial charge in [0.05, 0.1) is 12.2 Å². The van der Waals surface area contributed by atoms with E-state index in [2.05, 4.69) is 20.9 Å². The van der Waals surface area contributed by atoms with Crippen molar-refractivity contribution in [3.63, 3.8) is 0 Å². The third kappa shape index (κ3) is 8.23. The van der Waals surface area contributed by atoms with Crippen molar-refractivity contribution in [2.45, 2.75) is 44.4 Å². The number of nitrogens with one attached hydrogen (secondary N) is 3. The minimum atomic E-state index is -0.413. The molecule has 0 radical (unpaired) electrons. The molecule has 3 aromatic rings. The number of carbonyl (C=O) groups is 2. The molecule has 204 valence electrons. The molecule has 39 heavy (non-hydrogen) atoms. The summed E-state index contributed by atoms with van der Waals surface area (Å²) in [5, 5.41) is 9.71. The molecule has 3 aromatic carbocycles. The molecule has 1 heterocycles. The van der Waals surface area contributed by atoms with Gasteiger partial charge in [-0.25, -0.2) is 4.79 Å². The molecule has 0 aromatic heterocycles. The number of likely N-dealkylation sites (tertiary alicyclic amines) is 1. The molecule has 1 aliphatic heterocycles. The summed E-state index contributed by atoms with van der Waals surface area (Å²) < 4.78 is 5.74. The summed E-state index contributed by atoms with van der Waals surface area (Å²) in [5.74, 6) is 0.115. The van der Waals surface area contributed by atoms with E-state index >= 15 is 0 Å². The van der Waals surface area contributed by atoms with Gasteiger partial charge >= 0.3 is 6.09 Å². The highest BCUT2D eigenvalue weighted by molar-refractivity contribution is 5.97. The number of Topliss-reactive ketones (excluding diaryl/α,β-unsaturated/α-hetero) is 1. The van der Waals surface area contributed by atoms with E-state index in [-0.39, 0.29) is 11.9 Å². The van der Waals surface area contributed by atoms with Gasteiger partial charge in [-0.2, -0.15) is 0 Å². The maximum absolute atomic E-state index is 12.6. The smallest absolute Gasteiger partial charge is 0.411 e. The molecule has 0 spiro atoms. The average Bonchev–Trinajstić information content (AvgIpc) is 3.81. The fourth-order valence-electron chi connectivity index (χ4n) is 4.90. The number of amides is 1. The van der Waals surface area contributed by atoms with Gasteiger partial charge in [-0.1, -0.05) is 72.8 Å². The van der Waals surface area contributed by atoms with Gasteiger partial charge in [0.25, 0.3) is 0 Å². The summed E-state index contributed by atoms with van der Waals surface area (Å²) in [4.78, 5) is 27.5. The second-order valence-electron chi connectivity index (χ2n) is 10.4. The summed E-state index contributed by atoms with van der Waals surface area (Å²) in [5.41, 5.74) is 4.72.